The SMILES string of the molecule is C=CCNC(=O)NC(C)C(CO)SC. The molecule has 0 bridgehead atoms. The summed E-state index contributed by atoms with van der Waals surface area (Å²) in [6.45, 7) is 5.86. The molecule has 0 aromatic rings. The van der Waals surface area contributed by atoms with Crippen molar-refractivity contribution in [1.29, 1.82) is 0 Å². The molecule has 0 aliphatic carbocycles. The van der Waals surface area contributed by atoms with Crippen LogP contribution >= 0.6 is 11.8 Å². The lowest BCUT2D eigenvalue weighted by atomic mass is 10.2. The summed E-state index contributed by atoms with van der Waals surface area (Å²) in [5.41, 5.74) is 0. The fourth-order valence-corrected chi connectivity index (χ4v) is 1.58. The molecule has 0 saturated heterocycles. The Morgan fingerprint density at radius 1 is 1.71 bits per heavy atom. The number of nitrogens with one attached hydrogen (secondary N) is 2. The van der Waals surface area contributed by atoms with E-state index in [9.17, 15) is 4.79 Å². The molecule has 0 aliphatic heterocycles. The summed E-state index contributed by atoms with van der Waals surface area (Å²) < 4.78 is 0. The summed E-state index contributed by atoms with van der Waals surface area (Å²) in [5.74, 6) is 0. The molecular formula is C9H18N2O2S. The highest BCUT2D eigenvalue weighted by Gasteiger charge is 2.16. The first-order valence-electron chi connectivity index (χ1n) is 4.44. The smallest absolute Gasteiger partial charge is 0.315 e. The number of carbonyl (C=O) groups excluding carboxylic acids is 1. The summed E-state index contributed by atoms with van der Waals surface area (Å²) >= 11 is 1.53. The summed E-state index contributed by atoms with van der Waals surface area (Å²) in [6.07, 6.45) is 3.52. The number of aliphatic hydroxyl groups excluding tert-OH is 1. The molecule has 0 aromatic carbocycles. The highest BCUT2D eigenvalue weighted by atomic mass is 32.2. The van der Waals surface area contributed by atoms with E-state index in [1.807, 2.05) is 13.2 Å². The molecular weight excluding hydrogens is 200 g/mol. The van der Waals surface area contributed by atoms with Crippen LogP contribution in [-0.2, 0) is 0 Å². The molecule has 0 fully saturated rings. The minimum atomic E-state index is -0.232. The number of aliphatic hydroxyl groups is 1. The van der Waals surface area contributed by atoms with E-state index >= 15 is 0 Å². The van der Waals surface area contributed by atoms with Gasteiger partial charge in [-0.3, -0.25) is 0 Å². The van der Waals surface area contributed by atoms with Crippen molar-refractivity contribution < 1.29 is 9.90 Å². The Labute approximate surface area is 89.1 Å². The second-order valence-corrected chi connectivity index (χ2v) is 3.97. The maximum absolute atomic E-state index is 11.2. The van der Waals surface area contributed by atoms with Crippen molar-refractivity contribution in [3.05, 3.63) is 12.7 Å². The van der Waals surface area contributed by atoms with Gasteiger partial charge in [0, 0.05) is 17.8 Å². The Bertz CT molecular complexity index is 184. The van der Waals surface area contributed by atoms with Crippen LogP contribution in [0.2, 0.25) is 0 Å². The van der Waals surface area contributed by atoms with Crippen LogP contribution in [0.1, 0.15) is 6.92 Å². The Morgan fingerprint density at radius 2 is 2.36 bits per heavy atom. The largest absolute Gasteiger partial charge is 0.395 e. The molecule has 4 nitrogen and oxygen atoms in total. The van der Waals surface area contributed by atoms with E-state index in [1.165, 1.54) is 11.8 Å². The van der Waals surface area contributed by atoms with Crippen molar-refractivity contribution in [2.75, 3.05) is 19.4 Å². The van der Waals surface area contributed by atoms with Gasteiger partial charge in [-0.15, -0.1) is 6.58 Å². The average molecular weight is 218 g/mol. The zero-order valence-electron chi connectivity index (χ0n) is 8.62. The Kier molecular flexibility index (Phi) is 7.32. The van der Waals surface area contributed by atoms with Crippen LogP contribution in [0, 0.1) is 0 Å². The molecule has 14 heavy (non-hydrogen) atoms. The molecule has 0 rings (SSSR count). The minimum absolute atomic E-state index is 0.0319. The van der Waals surface area contributed by atoms with Crippen molar-refractivity contribution in [2.24, 2.45) is 0 Å². The van der Waals surface area contributed by atoms with Gasteiger partial charge >= 0.3 is 6.03 Å². The summed E-state index contributed by atoms with van der Waals surface area (Å²) in [4.78, 5) is 11.2. The van der Waals surface area contributed by atoms with E-state index in [0.717, 1.165) is 0 Å². The van der Waals surface area contributed by atoms with Gasteiger partial charge in [-0.05, 0) is 13.2 Å². The standard InChI is InChI=1S/C9H18N2O2S/c1-4-5-10-9(13)11-7(2)8(6-12)14-3/h4,7-8,12H,1,5-6H2,2-3H3,(H2,10,11,13). The summed E-state index contributed by atoms with van der Waals surface area (Å²) in [5, 5.41) is 14.4. The second kappa shape index (κ2) is 7.70. The van der Waals surface area contributed by atoms with Crippen molar-refractivity contribution in [3.8, 4) is 0 Å². The molecule has 0 aliphatic rings. The third-order valence-electron chi connectivity index (χ3n) is 1.81. The lowest BCUT2D eigenvalue weighted by Crippen LogP contribution is -2.46. The number of carbonyl (C=O) groups is 1. The quantitative estimate of drug-likeness (QED) is 0.572. The molecule has 2 unspecified atom stereocenters. The van der Waals surface area contributed by atoms with Crippen molar-refractivity contribution >= 4 is 17.8 Å². The van der Waals surface area contributed by atoms with Gasteiger partial charge in [0.2, 0.25) is 0 Å². The molecule has 2 amide bonds. The van der Waals surface area contributed by atoms with Crippen molar-refractivity contribution in [2.45, 2.75) is 18.2 Å². The molecule has 0 radical (unpaired) electrons. The predicted octanol–water partition coefficient (Wildman–Crippen LogP) is 0.584. The zero-order chi connectivity index (χ0) is 11.0. The van der Waals surface area contributed by atoms with Gasteiger partial charge < -0.3 is 15.7 Å². The third-order valence-corrected chi connectivity index (χ3v) is 2.97. The highest BCUT2D eigenvalue weighted by molar-refractivity contribution is 7.99. The van der Waals surface area contributed by atoms with E-state index in [-0.39, 0.29) is 23.9 Å². The normalized spacial score (nSPS) is 14.2. The molecule has 2 atom stereocenters. The number of urea groups is 1. The van der Waals surface area contributed by atoms with Crippen LogP contribution in [0.3, 0.4) is 0 Å². The number of hydrogen-bond donors (Lipinski definition) is 3. The first-order chi connectivity index (χ1) is 6.65. The predicted molar refractivity (Wildman–Crippen MR) is 60.6 cm³/mol. The topological polar surface area (TPSA) is 61.4 Å². The van der Waals surface area contributed by atoms with Crippen LogP contribution in [0.15, 0.2) is 12.7 Å². The summed E-state index contributed by atoms with van der Waals surface area (Å²) in [6, 6.07) is -0.287. The van der Waals surface area contributed by atoms with Gasteiger partial charge in [0.25, 0.3) is 0 Å². The van der Waals surface area contributed by atoms with Gasteiger partial charge in [-0.25, -0.2) is 4.79 Å². The molecule has 0 aromatic heterocycles. The molecule has 5 heteroatoms. The van der Waals surface area contributed by atoms with Crippen LogP contribution in [-0.4, -0.2) is 41.8 Å². The van der Waals surface area contributed by atoms with Gasteiger partial charge in [-0.1, -0.05) is 6.08 Å². The summed E-state index contributed by atoms with van der Waals surface area (Å²) in [7, 11) is 0. The fourth-order valence-electron chi connectivity index (χ4n) is 0.952. The average Bonchev–Trinajstić information content (AvgIpc) is 2.16. The molecule has 0 heterocycles. The molecule has 0 saturated carbocycles. The number of rotatable bonds is 6. The maximum Gasteiger partial charge on any atom is 0.315 e. The van der Waals surface area contributed by atoms with Gasteiger partial charge in [0.15, 0.2) is 0 Å². The minimum Gasteiger partial charge on any atom is -0.395 e. The van der Waals surface area contributed by atoms with Crippen LogP contribution in [0.4, 0.5) is 4.79 Å². The van der Waals surface area contributed by atoms with Crippen LogP contribution < -0.4 is 10.6 Å². The lowest BCUT2D eigenvalue weighted by molar-refractivity contribution is 0.233. The monoisotopic (exact) mass is 218 g/mol. The first kappa shape index (κ1) is 13.3. The van der Waals surface area contributed by atoms with E-state index < -0.39 is 0 Å². The van der Waals surface area contributed by atoms with Crippen molar-refractivity contribution in [1.82, 2.24) is 10.6 Å². The Morgan fingerprint density at radius 3 is 2.79 bits per heavy atom. The first-order valence-corrected chi connectivity index (χ1v) is 5.73. The van der Waals surface area contributed by atoms with Crippen molar-refractivity contribution in [3.63, 3.8) is 0 Å². The van der Waals surface area contributed by atoms with Gasteiger partial charge in [0.05, 0.1) is 6.61 Å². The molecule has 3 N–H and O–H groups in total. The van der Waals surface area contributed by atoms with E-state index in [1.54, 1.807) is 6.08 Å². The lowest BCUT2D eigenvalue weighted by Gasteiger charge is -2.21. The van der Waals surface area contributed by atoms with E-state index in [4.69, 9.17) is 5.11 Å². The van der Waals surface area contributed by atoms with Crippen LogP contribution in [0.25, 0.3) is 0 Å². The third kappa shape index (κ3) is 5.14. The van der Waals surface area contributed by atoms with E-state index in [0.29, 0.717) is 6.54 Å². The van der Waals surface area contributed by atoms with Gasteiger partial charge in [0.1, 0.15) is 0 Å². The Balaban J connectivity index is 3.84. The second-order valence-electron chi connectivity index (χ2n) is 2.89. The number of amides is 2. The fraction of sp³-hybridized carbons (Fsp3) is 0.667. The highest BCUT2D eigenvalue weighted by Crippen LogP contribution is 2.09. The number of hydrogen-bond acceptors (Lipinski definition) is 3. The van der Waals surface area contributed by atoms with Crippen LogP contribution in [0.5, 0.6) is 0 Å². The van der Waals surface area contributed by atoms with Gasteiger partial charge in [-0.2, -0.15) is 11.8 Å². The number of thioether (sulfide) groups is 1. The maximum atomic E-state index is 11.2. The zero-order valence-corrected chi connectivity index (χ0v) is 9.43. The Hall–Kier alpha value is -0.680. The van der Waals surface area contributed by atoms with E-state index in [2.05, 4.69) is 17.2 Å². The molecule has 0 spiro atoms. The molecule has 82 valence electrons.